The van der Waals surface area contributed by atoms with E-state index in [9.17, 15) is 4.79 Å². The van der Waals surface area contributed by atoms with Crippen LogP contribution in [0.3, 0.4) is 0 Å². The number of pyridine rings is 1. The standard InChI is InChI=1S/C23H18N6O3S/c1-31-18-9-15-17(10-19(18)32-2)25-12-26-21(15)27-14-5-6-16-20(8-14)33-23(28-16)29-22(30)13-4-3-7-24-11-13/h3-12H,1-2H3,(H,25,26,27)(H,28,29,30). The fraction of sp³-hybridized carbons (Fsp3) is 0.0870. The fourth-order valence-corrected chi connectivity index (χ4v) is 4.24. The molecule has 9 nitrogen and oxygen atoms in total. The molecule has 10 heteroatoms. The number of hydrogen-bond acceptors (Lipinski definition) is 9. The van der Waals surface area contributed by atoms with Gasteiger partial charge in [-0.3, -0.25) is 15.1 Å². The molecule has 0 atom stereocenters. The Labute approximate surface area is 192 Å². The zero-order valence-corrected chi connectivity index (χ0v) is 18.5. The van der Waals surface area contributed by atoms with Crippen molar-refractivity contribution in [2.75, 3.05) is 24.9 Å². The summed E-state index contributed by atoms with van der Waals surface area (Å²) in [7, 11) is 3.17. The van der Waals surface area contributed by atoms with E-state index in [1.165, 1.54) is 23.9 Å². The van der Waals surface area contributed by atoms with Crippen molar-refractivity contribution in [3.8, 4) is 11.5 Å². The Balaban J connectivity index is 1.43. The highest BCUT2D eigenvalue weighted by Crippen LogP contribution is 2.35. The minimum atomic E-state index is -0.252. The predicted octanol–water partition coefficient (Wildman–Crippen LogP) is 4.65. The van der Waals surface area contributed by atoms with Gasteiger partial charge in [0.15, 0.2) is 16.6 Å². The van der Waals surface area contributed by atoms with E-state index in [1.807, 2.05) is 30.3 Å². The largest absolute Gasteiger partial charge is 0.493 e. The molecule has 0 saturated carbocycles. The van der Waals surface area contributed by atoms with Crippen LogP contribution >= 0.6 is 11.3 Å². The number of anilines is 3. The van der Waals surface area contributed by atoms with Gasteiger partial charge in [-0.15, -0.1) is 0 Å². The number of fused-ring (bicyclic) bond motifs is 2. The number of nitrogens with one attached hydrogen (secondary N) is 2. The van der Waals surface area contributed by atoms with Crippen molar-refractivity contribution in [2.45, 2.75) is 0 Å². The highest BCUT2D eigenvalue weighted by molar-refractivity contribution is 7.22. The van der Waals surface area contributed by atoms with Gasteiger partial charge in [-0.25, -0.2) is 15.0 Å². The molecule has 5 rings (SSSR count). The van der Waals surface area contributed by atoms with Crippen molar-refractivity contribution in [3.63, 3.8) is 0 Å². The number of carbonyl (C=O) groups excluding carboxylic acids is 1. The molecule has 0 aliphatic heterocycles. The number of aromatic nitrogens is 4. The maximum Gasteiger partial charge on any atom is 0.259 e. The van der Waals surface area contributed by atoms with Crippen LogP contribution in [0.25, 0.3) is 21.1 Å². The summed E-state index contributed by atoms with van der Waals surface area (Å²) in [4.78, 5) is 29.6. The summed E-state index contributed by atoms with van der Waals surface area (Å²) in [5.41, 5.74) is 2.81. The molecule has 0 bridgehead atoms. The zero-order valence-electron chi connectivity index (χ0n) is 17.7. The van der Waals surface area contributed by atoms with E-state index in [0.717, 1.165) is 26.8 Å². The van der Waals surface area contributed by atoms with Gasteiger partial charge in [-0.05, 0) is 36.4 Å². The van der Waals surface area contributed by atoms with Gasteiger partial charge in [0.1, 0.15) is 12.1 Å². The molecule has 0 aliphatic carbocycles. The van der Waals surface area contributed by atoms with Crippen molar-refractivity contribution in [3.05, 3.63) is 66.7 Å². The lowest BCUT2D eigenvalue weighted by molar-refractivity contribution is 0.102. The summed E-state index contributed by atoms with van der Waals surface area (Å²) in [6, 6.07) is 12.8. The summed E-state index contributed by atoms with van der Waals surface area (Å²) in [5, 5.41) is 7.48. The van der Waals surface area contributed by atoms with Crippen LogP contribution < -0.4 is 20.1 Å². The van der Waals surface area contributed by atoms with E-state index >= 15 is 0 Å². The SMILES string of the molecule is COc1cc2ncnc(Nc3ccc4nc(NC(=O)c5cccnc5)sc4c3)c2cc1OC. The van der Waals surface area contributed by atoms with Gasteiger partial charge >= 0.3 is 0 Å². The number of ether oxygens (including phenoxy) is 2. The van der Waals surface area contributed by atoms with E-state index in [1.54, 1.807) is 32.5 Å². The maximum absolute atomic E-state index is 12.4. The monoisotopic (exact) mass is 458 g/mol. The van der Waals surface area contributed by atoms with Gasteiger partial charge in [0.25, 0.3) is 5.91 Å². The van der Waals surface area contributed by atoms with Crippen LogP contribution in [0.1, 0.15) is 10.4 Å². The highest BCUT2D eigenvalue weighted by Gasteiger charge is 2.13. The number of hydrogen-bond donors (Lipinski definition) is 2. The Bertz CT molecular complexity index is 1470. The first-order valence-electron chi connectivity index (χ1n) is 9.90. The minimum Gasteiger partial charge on any atom is -0.493 e. The normalized spacial score (nSPS) is 10.8. The van der Waals surface area contributed by atoms with E-state index in [4.69, 9.17) is 9.47 Å². The summed E-state index contributed by atoms with van der Waals surface area (Å²) in [6.07, 6.45) is 4.63. The van der Waals surface area contributed by atoms with Crippen LogP contribution in [0.4, 0.5) is 16.6 Å². The smallest absolute Gasteiger partial charge is 0.259 e. The van der Waals surface area contributed by atoms with Gasteiger partial charge < -0.3 is 14.8 Å². The van der Waals surface area contributed by atoms with Crippen molar-refractivity contribution >= 4 is 55.0 Å². The molecule has 0 unspecified atom stereocenters. The Morgan fingerprint density at radius 2 is 1.85 bits per heavy atom. The molecule has 3 heterocycles. The number of rotatable bonds is 6. The van der Waals surface area contributed by atoms with Crippen LogP contribution in [0.5, 0.6) is 11.5 Å². The minimum absolute atomic E-state index is 0.252. The average molecular weight is 459 g/mol. The molecule has 0 aliphatic rings. The molecule has 164 valence electrons. The lowest BCUT2D eigenvalue weighted by Gasteiger charge is -2.12. The third kappa shape index (κ3) is 4.11. The van der Waals surface area contributed by atoms with E-state index in [0.29, 0.717) is 28.0 Å². The van der Waals surface area contributed by atoms with Crippen LogP contribution in [0, 0.1) is 0 Å². The van der Waals surface area contributed by atoms with E-state index < -0.39 is 0 Å². The summed E-state index contributed by atoms with van der Waals surface area (Å²) >= 11 is 1.39. The molecular formula is C23H18N6O3S. The molecular weight excluding hydrogens is 440 g/mol. The lowest BCUT2D eigenvalue weighted by Crippen LogP contribution is -2.11. The van der Waals surface area contributed by atoms with Gasteiger partial charge in [-0.1, -0.05) is 11.3 Å². The van der Waals surface area contributed by atoms with Crippen LogP contribution in [-0.4, -0.2) is 40.1 Å². The maximum atomic E-state index is 12.4. The molecule has 5 aromatic rings. The Hall–Kier alpha value is -4.31. The lowest BCUT2D eigenvalue weighted by atomic mass is 10.2. The Morgan fingerprint density at radius 1 is 1.00 bits per heavy atom. The highest BCUT2D eigenvalue weighted by atomic mass is 32.1. The van der Waals surface area contributed by atoms with Gasteiger partial charge in [0.2, 0.25) is 0 Å². The molecule has 0 radical (unpaired) electrons. The van der Waals surface area contributed by atoms with Crippen molar-refractivity contribution < 1.29 is 14.3 Å². The first-order valence-corrected chi connectivity index (χ1v) is 10.7. The van der Waals surface area contributed by atoms with Crippen LogP contribution in [0.2, 0.25) is 0 Å². The first-order chi connectivity index (χ1) is 16.1. The number of benzene rings is 2. The summed E-state index contributed by atoms with van der Waals surface area (Å²) in [5.74, 6) is 1.57. The Morgan fingerprint density at radius 3 is 2.64 bits per heavy atom. The van der Waals surface area contributed by atoms with Crippen LogP contribution in [0.15, 0.2) is 61.2 Å². The number of methoxy groups -OCH3 is 2. The number of nitrogens with zero attached hydrogens (tertiary/aromatic N) is 4. The van der Waals surface area contributed by atoms with Gasteiger partial charge in [0.05, 0.1) is 35.5 Å². The topological polar surface area (TPSA) is 111 Å². The number of carbonyl (C=O) groups is 1. The third-order valence-corrected chi connectivity index (χ3v) is 5.87. The molecule has 3 aromatic heterocycles. The molecule has 33 heavy (non-hydrogen) atoms. The van der Waals surface area contributed by atoms with E-state index in [2.05, 4.69) is 30.6 Å². The van der Waals surface area contributed by atoms with Crippen molar-refractivity contribution in [2.24, 2.45) is 0 Å². The average Bonchev–Trinajstić information content (AvgIpc) is 3.25. The quantitative estimate of drug-likeness (QED) is 0.378. The zero-order chi connectivity index (χ0) is 22.8. The van der Waals surface area contributed by atoms with Crippen LogP contribution in [-0.2, 0) is 0 Å². The van der Waals surface area contributed by atoms with Crippen molar-refractivity contribution in [1.29, 1.82) is 0 Å². The van der Waals surface area contributed by atoms with Gasteiger partial charge in [-0.2, -0.15) is 0 Å². The number of amides is 1. The second kappa shape index (κ2) is 8.67. The third-order valence-electron chi connectivity index (χ3n) is 4.94. The molecule has 0 fully saturated rings. The molecule has 0 spiro atoms. The first kappa shape index (κ1) is 20.6. The molecule has 0 saturated heterocycles. The molecule has 2 aromatic carbocycles. The molecule has 2 N–H and O–H groups in total. The van der Waals surface area contributed by atoms with Crippen molar-refractivity contribution in [1.82, 2.24) is 19.9 Å². The summed E-state index contributed by atoms with van der Waals surface area (Å²) in [6.45, 7) is 0. The summed E-state index contributed by atoms with van der Waals surface area (Å²) < 4.78 is 11.7. The second-order valence-corrected chi connectivity index (χ2v) is 8.00. The Kier molecular flexibility index (Phi) is 5.41. The predicted molar refractivity (Wildman–Crippen MR) is 128 cm³/mol. The fourth-order valence-electron chi connectivity index (χ4n) is 3.34. The van der Waals surface area contributed by atoms with Gasteiger partial charge in [0, 0.05) is 29.5 Å². The second-order valence-electron chi connectivity index (χ2n) is 6.97. The van der Waals surface area contributed by atoms with E-state index in [-0.39, 0.29) is 5.91 Å². The molecule has 1 amide bonds. The number of thiazole rings is 1.